The minimum absolute atomic E-state index is 0.164. The third-order valence-electron chi connectivity index (χ3n) is 2.09. The van der Waals surface area contributed by atoms with Gasteiger partial charge in [-0.15, -0.1) is 0 Å². The number of nitrogens with two attached hydrogens (primary N) is 1. The Balaban J connectivity index is 2.73. The van der Waals surface area contributed by atoms with Gasteiger partial charge in [0.05, 0.1) is 19.0 Å². The fourth-order valence-corrected chi connectivity index (χ4v) is 1.47. The van der Waals surface area contributed by atoms with E-state index in [0.717, 1.165) is 5.39 Å². The van der Waals surface area contributed by atoms with Gasteiger partial charge in [0.25, 0.3) is 0 Å². The Bertz CT molecular complexity index is 462. The van der Waals surface area contributed by atoms with Gasteiger partial charge in [0.15, 0.2) is 11.5 Å². The summed E-state index contributed by atoms with van der Waals surface area (Å²) >= 11 is 0. The van der Waals surface area contributed by atoms with Gasteiger partial charge in [-0.2, -0.15) is 0 Å². The van der Waals surface area contributed by atoms with Crippen molar-refractivity contribution in [3.8, 4) is 11.5 Å². The Morgan fingerprint density at radius 3 is 2.93 bits per heavy atom. The lowest BCUT2D eigenvalue weighted by Gasteiger charge is -1.97. The first-order chi connectivity index (χ1) is 6.76. The van der Waals surface area contributed by atoms with Crippen LogP contribution in [0.2, 0.25) is 0 Å². The molecule has 1 aromatic heterocycles. The van der Waals surface area contributed by atoms with E-state index in [-0.39, 0.29) is 12.3 Å². The summed E-state index contributed by atoms with van der Waals surface area (Å²) < 4.78 is 10.6. The number of phenols is 1. The Labute approximate surface area is 80.9 Å². The molecule has 0 aliphatic heterocycles. The lowest BCUT2D eigenvalue weighted by molar-refractivity contribution is 0.396. The smallest absolute Gasteiger partial charge is 0.169 e. The van der Waals surface area contributed by atoms with Gasteiger partial charge in [-0.25, -0.2) is 0 Å². The van der Waals surface area contributed by atoms with Crippen LogP contribution in [0.3, 0.4) is 0 Å². The van der Waals surface area contributed by atoms with Crippen LogP contribution in [-0.2, 0) is 6.54 Å². The Morgan fingerprint density at radius 2 is 2.29 bits per heavy atom. The Kier molecular flexibility index (Phi) is 2.05. The number of phenolic OH excluding ortho intramolecular Hbond substituents is 1. The molecule has 1 heterocycles. The molecule has 74 valence electrons. The lowest BCUT2D eigenvalue weighted by Crippen LogP contribution is -1.96. The Morgan fingerprint density at radius 1 is 1.50 bits per heavy atom. The van der Waals surface area contributed by atoms with Gasteiger partial charge in [0.2, 0.25) is 0 Å². The zero-order valence-electron chi connectivity index (χ0n) is 7.78. The highest BCUT2D eigenvalue weighted by atomic mass is 16.5. The van der Waals surface area contributed by atoms with Crippen molar-refractivity contribution in [2.45, 2.75) is 6.54 Å². The first kappa shape index (κ1) is 8.90. The summed E-state index contributed by atoms with van der Waals surface area (Å²) in [6, 6.07) is 4.86. The van der Waals surface area contributed by atoms with Crippen LogP contribution in [0.1, 0.15) is 5.76 Å². The summed E-state index contributed by atoms with van der Waals surface area (Å²) in [4.78, 5) is 0. The van der Waals surface area contributed by atoms with Gasteiger partial charge < -0.3 is 20.0 Å². The minimum atomic E-state index is 0.164. The molecule has 0 unspecified atom stereocenters. The summed E-state index contributed by atoms with van der Waals surface area (Å²) in [6.07, 6.45) is 0. The van der Waals surface area contributed by atoms with Gasteiger partial charge in [0, 0.05) is 6.07 Å². The molecule has 0 atom stereocenters. The normalized spacial score (nSPS) is 10.7. The van der Waals surface area contributed by atoms with Gasteiger partial charge in [-0.05, 0) is 12.1 Å². The van der Waals surface area contributed by atoms with Crippen molar-refractivity contribution in [3.05, 3.63) is 24.0 Å². The molecule has 3 N–H and O–H groups in total. The second-order valence-electron chi connectivity index (χ2n) is 2.94. The van der Waals surface area contributed by atoms with Gasteiger partial charge in [-0.1, -0.05) is 0 Å². The van der Waals surface area contributed by atoms with Crippen LogP contribution in [0.15, 0.2) is 22.6 Å². The van der Waals surface area contributed by atoms with E-state index in [4.69, 9.17) is 14.9 Å². The second-order valence-corrected chi connectivity index (χ2v) is 2.94. The molecule has 0 aliphatic carbocycles. The molecule has 0 bridgehead atoms. The van der Waals surface area contributed by atoms with Crippen LogP contribution in [0.25, 0.3) is 11.0 Å². The molecule has 4 heteroatoms. The number of hydrogen-bond acceptors (Lipinski definition) is 4. The number of rotatable bonds is 2. The molecule has 0 radical (unpaired) electrons. The van der Waals surface area contributed by atoms with E-state index in [2.05, 4.69) is 0 Å². The summed E-state index contributed by atoms with van der Waals surface area (Å²) in [5.74, 6) is 1.40. The molecule has 1 aromatic carbocycles. The maximum absolute atomic E-state index is 9.24. The van der Waals surface area contributed by atoms with Crippen LogP contribution in [0.4, 0.5) is 0 Å². The van der Waals surface area contributed by atoms with Gasteiger partial charge in [0.1, 0.15) is 11.3 Å². The number of ether oxygens (including phenoxy) is 1. The monoisotopic (exact) mass is 193 g/mol. The van der Waals surface area contributed by atoms with Crippen LogP contribution in [-0.4, -0.2) is 12.2 Å². The maximum atomic E-state index is 9.24. The van der Waals surface area contributed by atoms with Crippen molar-refractivity contribution in [1.82, 2.24) is 0 Å². The van der Waals surface area contributed by atoms with Crippen LogP contribution in [0, 0.1) is 0 Å². The average Bonchev–Trinajstić information content (AvgIpc) is 2.54. The molecule has 2 rings (SSSR count). The zero-order valence-corrected chi connectivity index (χ0v) is 7.78. The first-order valence-electron chi connectivity index (χ1n) is 4.24. The quantitative estimate of drug-likeness (QED) is 0.760. The van der Waals surface area contributed by atoms with Gasteiger partial charge in [-0.3, -0.25) is 0 Å². The first-order valence-corrected chi connectivity index (χ1v) is 4.24. The number of benzene rings is 1. The fourth-order valence-electron chi connectivity index (χ4n) is 1.47. The van der Waals surface area contributed by atoms with E-state index >= 15 is 0 Å². The van der Waals surface area contributed by atoms with Crippen molar-refractivity contribution >= 4 is 11.0 Å². The third-order valence-corrected chi connectivity index (χ3v) is 2.09. The van der Waals surface area contributed by atoms with Crippen LogP contribution < -0.4 is 10.5 Å². The summed E-state index contributed by atoms with van der Waals surface area (Å²) in [7, 11) is 1.57. The zero-order chi connectivity index (χ0) is 10.1. The third kappa shape index (κ3) is 1.20. The van der Waals surface area contributed by atoms with Gasteiger partial charge >= 0.3 is 0 Å². The van der Waals surface area contributed by atoms with Crippen molar-refractivity contribution in [3.63, 3.8) is 0 Å². The molecule has 2 aromatic rings. The van der Waals surface area contributed by atoms with E-state index in [1.54, 1.807) is 19.2 Å². The molecule has 0 saturated heterocycles. The average molecular weight is 193 g/mol. The molecule has 14 heavy (non-hydrogen) atoms. The highest BCUT2D eigenvalue weighted by Gasteiger charge is 2.13. The van der Waals surface area contributed by atoms with E-state index in [1.807, 2.05) is 0 Å². The molecule has 0 saturated carbocycles. The molecule has 0 spiro atoms. The van der Waals surface area contributed by atoms with E-state index in [9.17, 15) is 5.11 Å². The van der Waals surface area contributed by atoms with Crippen molar-refractivity contribution in [2.75, 3.05) is 7.11 Å². The second kappa shape index (κ2) is 3.23. The fraction of sp³-hybridized carbons (Fsp3) is 0.200. The number of hydrogen-bond donors (Lipinski definition) is 2. The maximum Gasteiger partial charge on any atom is 0.169 e. The topological polar surface area (TPSA) is 68.6 Å². The van der Waals surface area contributed by atoms with Crippen molar-refractivity contribution < 1.29 is 14.3 Å². The lowest BCUT2D eigenvalue weighted by atomic mass is 10.2. The number of methoxy groups -OCH3 is 1. The van der Waals surface area contributed by atoms with Crippen molar-refractivity contribution in [2.24, 2.45) is 5.73 Å². The van der Waals surface area contributed by atoms with E-state index in [0.29, 0.717) is 17.1 Å². The summed E-state index contributed by atoms with van der Waals surface area (Å²) in [5, 5.41) is 10.1. The SMILES string of the molecule is COc1c(CN)oc2cc(O)ccc12. The molecular formula is C10H11NO3. The van der Waals surface area contributed by atoms with Crippen LogP contribution >= 0.6 is 0 Å². The molecule has 0 amide bonds. The number of fused-ring (bicyclic) bond motifs is 1. The molecular weight excluding hydrogens is 182 g/mol. The predicted octanol–water partition coefficient (Wildman–Crippen LogP) is 1.61. The highest BCUT2D eigenvalue weighted by molar-refractivity contribution is 5.86. The molecule has 0 aliphatic rings. The number of furan rings is 1. The Hall–Kier alpha value is -1.68. The predicted molar refractivity (Wildman–Crippen MR) is 52.3 cm³/mol. The summed E-state index contributed by atoms with van der Waals surface area (Å²) in [6.45, 7) is 0.276. The van der Waals surface area contributed by atoms with E-state index < -0.39 is 0 Å². The summed E-state index contributed by atoms with van der Waals surface area (Å²) in [5.41, 5.74) is 6.08. The molecule has 0 fully saturated rings. The van der Waals surface area contributed by atoms with Crippen LogP contribution in [0.5, 0.6) is 11.5 Å². The standard InChI is InChI=1S/C10H11NO3/c1-13-10-7-3-2-6(12)4-8(7)14-9(10)5-11/h2-4,12H,5,11H2,1H3. The minimum Gasteiger partial charge on any atom is -0.508 e. The molecule has 4 nitrogen and oxygen atoms in total. The van der Waals surface area contributed by atoms with E-state index in [1.165, 1.54) is 6.07 Å². The highest BCUT2D eigenvalue weighted by Crippen LogP contribution is 2.34. The number of aromatic hydroxyl groups is 1. The van der Waals surface area contributed by atoms with Crippen molar-refractivity contribution in [1.29, 1.82) is 0 Å². The largest absolute Gasteiger partial charge is 0.508 e.